The number of benzene rings is 2. The molecule has 1 aliphatic rings. The number of fused-ring (bicyclic) bond motifs is 1. The molecule has 1 saturated heterocycles. The molecule has 196 valence electrons. The molecule has 7 nitrogen and oxygen atoms in total. The van der Waals surface area contributed by atoms with E-state index in [1.54, 1.807) is 24.3 Å². The van der Waals surface area contributed by atoms with Crippen molar-refractivity contribution in [1.82, 2.24) is 19.9 Å². The molecule has 1 aliphatic heterocycles. The molecule has 1 fully saturated rings. The van der Waals surface area contributed by atoms with Crippen molar-refractivity contribution in [2.45, 2.75) is 38.9 Å². The van der Waals surface area contributed by atoms with Gasteiger partial charge in [-0.25, -0.2) is 4.98 Å². The molecule has 0 radical (unpaired) electrons. The molecule has 5 rings (SSSR count). The summed E-state index contributed by atoms with van der Waals surface area (Å²) in [6, 6.07) is 12.4. The van der Waals surface area contributed by atoms with E-state index in [1.807, 2.05) is 25.1 Å². The molecule has 4 aromatic rings. The van der Waals surface area contributed by atoms with E-state index in [1.165, 1.54) is 12.1 Å². The summed E-state index contributed by atoms with van der Waals surface area (Å²) in [7, 11) is 0. The average Bonchev–Trinajstić information content (AvgIpc) is 3.48. The van der Waals surface area contributed by atoms with Gasteiger partial charge in [0.15, 0.2) is 12.0 Å². The van der Waals surface area contributed by atoms with E-state index in [0.717, 1.165) is 40.4 Å². The number of thiazole rings is 1. The number of aromatic nitrogens is 2. The second-order valence-electron chi connectivity index (χ2n) is 9.18. The van der Waals surface area contributed by atoms with Gasteiger partial charge in [0.2, 0.25) is 0 Å². The summed E-state index contributed by atoms with van der Waals surface area (Å²) in [6.45, 7) is 7.10. The highest BCUT2D eigenvalue weighted by Crippen LogP contribution is 2.31. The quantitative estimate of drug-likeness (QED) is 0.352. The Hall–Kier alpha value is -2.99. The van der Waals surface area contributed by atoms with E-state index in [2.05, 4.69) is 19.9 Å². The van der Waals surface area contributed by atoms with Crippen LogP contribution >= 0.6 is 11.3 Å². The highest BCUT2D eigenvalue weighted by atomic mass is 32.1. The molecular weight excluding hydrogens is 505 g/mol. The van der Waals surface area contributed by atoms with Gasteiger partial charge in [-0.15, -0.1) is 11.3 Å². The molecule has 37 heavy (non-hydrogen) atoms. The number of aliphatic hydroxyl groups excluding tert-OH is 1. The molecule has 0 bridgehead atoms. The third kappa shape index (κ3) is 5.96. The second kappa shape index (κ2) is 10.4. The molecule has 2 aromatic carbocycles. The van der Waals surface area contributed by atoms with Crippen molar-refractivity contribution in [3.05, 3.63) is 64.8 Å². The lowest BCUT2D eigenvalue weighted by molar-refractivity contribution is -0.137. The minimum Gasteiger partial charge on any atom is -0.472 e. The Morgan fingerprint density at radius 2 is 1.81 bits per heavy atom. The molecule has 0 aliphatic carbocycles. The van der Waals surface area contributed by atoms with E-state index in [4.69, 9.17) is 9.26 Å². The average molecular weight is 533 g/mol. The normalized spacial score (nSPS) is 17.2. The van der Waals surface area contributed by atoms with E-state index < -0.39 is 24.1 Å². The highest BCUT2D eigenvalue weighted by molar-refractivity contribution is 7.18. The van der Waals surface area contributed by atoms with Crippen molar-refractivity contribution in [3.8, 4) is 17.1 Å². The fourth-order valence-electron chi connectivity index (χ4n) is 4.46. The Bertz CT molecular complexity index is 1350. The number of nitrogens with zero attached hydrogens (tertiary/aromatic N) is 4. The van der Waals surface area contributed by atoms with Crippen molar-refractivity contribution in [2.75, 3.05) is 26.2 Å². The Kier molecular flexibility index (Phi) is 7.21. The lowest BCUT2D eigenvalue weighted by atomic mass is 10.1. The third-order valence-corrected chi connectivity index (χ3v) is 7.30. The number of aryl methyl sites for hydroxylation is 1. The number of ether oxygens (including phenoxy) is 1. The fourth-order valence-corrected chi connectivity index (χ4v) is 5.27. The zero-order chi connectivity index (χ0) is 26.2. The molecule has 3 heterocycles. The maximum absolute atomic E-state index is 12.8. The fraction of sp³-hybridized carbons (Fsp3) is 0.385. The number of hydrogen-bond acceptors (Lipinski definition) is 8. The summed E-state index contributed by atoms with van der Waals surface area (Å²) in [5.74, 6) is 1.10. The van der Waals surface area contributed by atoms with Crippen LogP contribution in [-0.2, 0) is 12.7 Å². The van der Waals surface area contributed by atoms with E-state index >= 15 is 0 Å². The van der Waals surface area contributed by atoms with Gasteiger partial charge in [-0.2, -0.15) is 13.2 Å². The number of rotatable bonds is 7. The zero-order valence-electron chi connectivity index (χ0n) is 20.4. The van der Waals surface area contributed by atoms with Crippen LogP contribution in [0.5, 0.6) is 5.75 Å². The maximum atomic E-state index is 12.8. The van der Waals surface area contributed by atoms with Crippen molar-refractivity contribution < 1.29 is 27.5 Å². The smallest absolute Gasteiger partial charge is 0.416 e. The monoisotopic (exact) mass is 532 g/mol. The summed E-state index contributed by atoms with van der Waals surface area (Å²) >= 11 is 1.63. The van der Waals surface area contributed by atoms with Crippen molar-refractivity contribution in [2.24, 2.45) is 0 Å². The van der Waals surface area contributed by atoms with Crippen LogP contribution in [0.15, 0.2) is 53.1 Å². The first-order valence-corrected chi connectivity index (χ1v) is 12.8. The highest BCUT2D eigenvalue weighted by Gasteiger charge is 2.31. The van der Waals surface area contributed by atoms with Gasteiger partial charge < -0.3 is 14.4 Å². The number of halogens is 3. The van der Waals surface area contributed by atoms with Crippen LogP contribution in [0.25, 0.3) is 21.5 Å². The Morgan fingerprint density at radius 3 is 2.49 bits per heavy atom. The van der Waals surface area contributed by atoms with Crippen LogP contribution in [0.3, 0.4) is 0 Å². The summed E-state index contributed by atoms with van der Waals surface area (Å²) in [4.78, 5) is 8.86. The standard InChI is InChI=1S/C26H27F3N4O3S/c1-16(34)25(35-21-7-8-24-22(14-21)30-17(2)37-24)33-11-9-32(10-12-33)15-20-13-23(36-31-20)18-3-5-19(6-4-18)26(27,28)29/h3-8,13-14,16,25,34H,9-12,15H2,1-2H3/t16-,25?/m1/s1. The number of piperazine rings is 1. The van der Waals surface area contributed by atoms with Crippen molar-refractivity contribution >= 4 is 21.6 Å². The molecule has 0 saturated carbocycles. The van der Waals surface area contributed by atoms with Crippen LogP contribution in [0, 0.1) is 6.92 Å². The lowest BCUT2D eigenvalue weighted by Gasteiger charge is -2.39. The van der Waals surface area contributed by atoms with Crippen LogP contribution in [-0.4, -0.2) is 63.6 Å². The van der Waals surface area contributed by atoms with Crippen LogP contribution < -0.4 is 4.74 Å². The predicted octanol–water partition coefficient (Wildman–Crippen LogP) is 5.18. The van der Waals surface area contributed by atoms with Crippen molar-refractivity contribution in [3.63, 3.8) is 0 Å². The molecule has 2 aromatic heterocycles. The zero-order valence-corrected chi connectivity index (χ0v) is 21.2. The molecule has 2 atom stereocenters. The molecule has 11 heteroatoms. The largest absolute Gasteiger partial charge is 0.472 e. The number of hydrogen-bond donors (Lipinski definition) is 1. The first-order valence-electron chi connectivity index (χ1n) is 12.0. The summed E-state index contributed by atoms with van der Waals surface area (Å²) in [5, 5.41) is 15.5. The Balaban J connectivity index is 1.17. The van der Waals surface area contributed by atoms with Crippen LogP contribution in [0.1, 0.15) is 23.2 Å². The minimum atomic E-state index is -4.38. The van der Waals surface area contributed by atoms with Gasteiger partial charge in [0.05, 0.1) is 26.5 Å². The maximum Gasteiger partial charge on any atom is 0.416 e. The first-order chi connectivity index (χ1) is 17.7. The first kappa shape index (κ1) is 25.7. The summed E-state index contributed by atoms with van der Waals surface area (Å²) < 4.78 is 51.1. The molecule has 1 N–H and O–H groups in total. The van der Waals surface area contributed by atoms with Crippen molar-refractivity contribution in [1.29, 1.82) is 0 Å². The minimum absolute atomic E-state index is 0.428. The van der Waals surface area contributed by atoms with Gasteiger partial charge >= 0.3 is 6.18 Å². The lowest BCUT2D eigenvalue weighted by Crippen LogP contribution is -2.55. The molecule has 0 spiro atoms. The van der Waals surface area contributed by atoms with E-state index in [9.17, 15) is 18.3 Å². The van der Waals surface area contributed by atoms with Crippen LogP contribution in [0.4, 0.5) is 13.2 Å². The Labute approximate surface area is 216 Å². The SMILES string of the molecule is Cc1nc2cc(OC([C@@H](C)O)N3CCN(Cc4cc(-c5ccc(C(F)(F)F)cc5)on4)CC3)ccc2s1. The van der Waals surface area contributed by atoms with Gasteiger partial charge in [0, 0.05) is 50.4 Å². The van der Waals surface area contributed by atoms with Gasteiger partial charge in [0.25, 0.3) is 0 Å². The molecular formula is C26H27F3N4O3S. The van der Waals surface area contributed by atoms with Gasteiger partial charge in [0.1, 0.15) is 11.9 Å². The Morgan fingerprint density at radius 1 is 1.08 bits per heavy atom. The molecule has 1 unspecified atom stereocenters. The number of aliphatic hydroxyl groups is 1. The van der Waals surface area contributed by atoms with Crippen LogP contribution in [0.2, 0.25) is 0 Å². The summed E-state index contributed by atoms with van der Waals surface area (Å²) in [5.41, 5.74) is 1.43. The number of alkyl halides is 3. The van der Waals surface area contributed by atoms with E-state index in [0.29, 0.717) is 42.4 Å². The summed E-state index contributed by atoms with van der Waals surface area (Å²) in [6.07, 6.45) is -5.56. The van der Waals surface area contributed by atoms with Gasteiger partial charge in [-0.1, -0.05) is 17.3 Å². The predicted molar refractivity (Wildman–Crippen MR) is 134 cm³/mol. The topological polar surface area (TPSA) is 74.9 Å². The molecule has 0 amide bonds. The van der Waals surface area contributed by atoms with E-state index in [-0.39, 0.29) is 0 Å². The van der Waals surface area contributed by atoms with Gasteiger partial charge in [-0.05, 0) is 38.1 Å². The van der Waals surface area contributed by atoms with Gasteiger partial charge in [-0.3, -0.25) is 9.80 Å². The third-order valence-electron chi connectivity index (χ3n) is 6.34. The second-order valence-corrected chi connectivity index (χ2v) is 10.4.